The second-order valence-corrected chi connectivity index (χ2v) is 5.64. The maximum atomic E-state index is 6.32. The van der Waals surface area contributed by atoms with Crippen LogP contribution in [0.3, 0.4) is 0 Å². The minimum Gasteiger partial charge on any atom is -0.448 e. The standard InChI is InChI=1S/C11H10Cl2OS/c1-6-5-8(7(2)15-6)11(13)9-3-4-10(12)14-9/h3-5,11H,1-2H3. The Balaban J connectivity index is 2.35. The summed E-state index contributed by atoms with van der Waals surface area (Å²) in [5.74, 6) is 0.697. The number of aryl methyl sites for hydroxylation is 2. The van der Waals surface area contributed by atoms with E-state index in [2.05, 4.69) is 19.9 Å². The molecule has 2 heterocycles. The van der Waals surface area contributed by atoms with Crippen LogP contribution in [0.2, 0.25) is 5.22 Å². The van der Waals surface area contributed by atoms with Crippen LogP contribution in [0.25, 0.3) is 0 Å². The Hall–Kier alpha value is -0.440. The van der Waals surface area contributed by atoms with Gasteiger partial charge in [0.05, 0.1) is 0 Å². The molecule has 0 spiro atoms. The molecule has 0 bridgehead atoms. The molecule has 0 aliphatic carbocycles. The molecular weight excluding hydrogens is 251 g/mol. The summed E-state index contributed by atoms with van der Waals surface area (Å²) in [4.78, 5) is 2.48. The molecule has 0 radical (unpaired) electrons. The zero-order valence-electron chi connectivity index (χ0n) is 8.38. The number of rotatable bonds is 2. The van der Waals surface area contributed by atoms with Crippen LogP contribution in [0, 0.1) is 13.8 Å². The fraction of sp³-hybridized carbons (Fsp3) is 0.273. The molecule has 15 heavy (non-hydrogen) atoms. The highest BCUT2D eigenvalue weighted by atomic mass is 35.5. The van der Waals surface area contributed by atoms with Gasteiger partial charge in [-0.15, -0.1) is 22.9 Å². The molecular formula is C11H10Cl2OS. The first-order chi connectivity index (χ1) is 7.08. The SMILES string of the molecule is Cc1cc(C(Cl)c2ccc(Cl)o2)c(C)s1. The van der Waals surface area contributed by atoms with Crippen molar-refractivity contribution < 1.29 is 4.42 Å². The molecule has 0 saturated heterocycles. The van der Waals surface area contributed by atoms with Gasteiger partial charge in [0.25, 0.3) is 0 Å². The zero-order valence-corrected chi connectivity index (χ0v) is 10.7. The summed E-state index contributed by atoms with van der Waals surface area (Å²) < 4.78 is 5.30. The summed E-state index contributed by atoms with van der Waals surface area (Å²) >= 11 is 13.8. The molecule has 4 heteroatoms. The van der Waals surface area contributed by atoms with Crippen molar-refractivity contribution in [1.82, 2.24) is 0 Å². The lowest BCUT2D eigenvalue weighted by atomic mass is 10.1. The van der Waals surface area contributed by atoms with Gasteiger partial charge in [0.2, 0.25) is 0 Å². The quantitative estimate of drug-likeness (QED) is 0.698. The van der Waals surface area contributed by atoms with Gasteiger partial charge in [-0.05, 0) is 49.2 Å². The number of hydrogen-bond acceptors (Lipinski definition) is 2. The molecule has 80 valence electrons. The Morgan fingerprint density at radius 2 is 2.07 bits per heavy atom. The Labute approximate surface area is 103 Å². The van der Waals surface area contributed by atoms with E-state index in [1.54, 1.807) is 17.4 Å². The van der Waals surface area contributed by atoms with Gasteiger partial charge < -0.3 is 4.42 Å². The predicted octanol–water partition coefficient (Wildman–Crippen LogP) is 4.94. The van der Waals surface area contributed by atoms with Crippen LogP contribution in [0.5, 0.6) is 0 Å². The van der Waals surface area contributed by atoms with E-state index in [0.717, 1.165) is 5.56 Å². The highest BCUT2D eigenvalue weighted by Gasteiger charge is 2.18. The van der Waals surface area contributed by atoms with Gasteiger partial charge in [-0.2, -0.15) is 0 Å². The first kappa shape index (κ1) is 11.1. The van der Waals surface area contributed by atoms with E-state index in [4.69, 9.17) is 27.6 Å². The number of furan rings is 1. The third-order valence-corrected chi connectivity index (χ3v) is 3.83. The lowest BCUT2D eigenvalue weighted by Gasteiger charge is -2.05. The molecule has 1 nitrogen and oxygen atoms in total. The normalized spacial score (nSPS) is 13.1. The highest BCUT2D eigenvalue weighted by Crippen LogP contribution is 2.36. The number of alkyl halides is 1. The van der Waals surface area contributed by atoms with E-state index in [0.29, 0.717) is 11.0 Å². The molecule has 1 unspecified atom stereocenters. The average molecular weight is 261 g/mol. The van der Waals surface area contributed by atoms with Gasteiger partial charge in [0.15, 0.2) is 5.22 Å². The first-order valence-corrected chi connectivity index (χ1v) is 6.17. The van der Waals surface area contributed by atoms with Crippen LogP contribution < -0.4 is 0 Å². The molecule has 2 aromatic rings. The van der Waals surface area contributed by atoms with Gasteiger partial charge in [0.1, 0.15) is 11.1 Å². The van der Waals surface area contributed by atoms with Gasteiger partial charge in [0, 0.05) is 9.75 Å². The van der Waals surface area contributed by atoms with E-state index < -0.39 is 0 Å². The lowest BCUT2D eigenvalue weighted by molar-refractivity contribution is 0.518. The van der Waals surface area contributed by atoms with Crippen LogP contribution in [-0.2, 0) is 0 Å². The van der Waals surface area contributed by atoms with Gasteiger partial charge in [-0.1, -0.05) is 0 Å². The van der Waals surface area contributed by atoms with E-state index in [1.165, 1.54) is 9.75 Å². The number of hydrogen-bond donors (Lipinski definition) is 0. The Morgan fingerprint density at radius 1 is 1.33 bits per heavy atom. The third kappa shape index (κ3) is 2.22. The largest absolute Gasteiger partial charge is 0.448 e. The van der Waals surface area contributed by atoms with E-state index in [-0.39, 0.29) is 5.38 Å². The summed E-state index contributed by atoms with van der Waals surface area (Å²) in [6.45, 7) is 4.13. The van der Waals surface area contributed by atoms with Crippen LogP contribution >= 0.6 is 34.5 Å². The molecule has 2 rings (SSSR count). The highest BCUT2D eigenvalue weighted by molar-refractivity contribution is 7.12. The predicted molar refractivity (Wildman–Crippen MR) is 65.2 cm³/mol. The van der Waals surface area contributed by atoms with Crippen molar-refractivity contribution >= 4 is 34.5 Å². The minimum absolute atomic E-state index is 0.248. The Bertz CT molecular complexity index is 473. The second-order valence-electron chi connectivity index (χ2n) is 3.37. The van der Waals surface area contributed by atoms with Crippen molar-refractivity contribution in [3.63, 3.8) is 0 Å². The molecule has 0 aliphatic rings. The molecule has 0 saturated carbocycles. The maximum Gasteiger partial charge on any atom is 0.193 e. The van der Waals surface area contributed by atoms with Crippen LogP contribution in [0.1, 0.15) is 26.5 Å². The molecule has 2 aromatic heterocycles. The van der Waals surface area contributed by atoms with Crippen LogP contribution in [-0.4, -0.2) is 0 Å². The van der Waals surface area contributed by atoms with Crippen molar-refractivity contribution in [2.24, 2.45) is 0 Å². The van der Waals surface area contributed by atoms with E-state index in [1.807, 2.05) is 6.07 Å². The van der Waals surface area contributed by atoms with Crippen molar-refractivity contribution in [3.8, 4) is 0 Å². The summed E-state index contributed by atoms with van der Waals surface area (Å²) in [7, 11) is 0. The second kappa shape index (κ2) is 4.20. The van der Waals surface area contributed by atoms with Crippen LogP contribution in [0.4, 0.5) is 0 Å². The Kier molecular flexibility index (Phi) is 3.10. The van der Waals surface area contributed by atoms with Crippen LogP contribution in [0.15, 0.2) is 22.6 Å². The summed E-state index contributed by atoms with van der Waals surface area (Å²) in [5.41, 5.74) is 1.10. The fourth-order valence-electron chi connectivity index (χ4n) is 1.52. The zero-order chi connectivity index (χ0) is 11.0. The van der Waals surface area contributed by atoms with Crippen molar-refractivity contribution in [2.45, 2.75) is 19.2 Å². The summed E-state index contributed by atoms with van der Waals surface area (Å²) in [6, 6.07) is 5.61. The molecule has 0 amide bonds. The molecule has 0 aromatic carbocycles. The summed E-state index contributed by atoms with van der Waals surface area (Å²) in [5, 5.41) is 0.128. The van der Waals surface area contributed by atoms with E-state index in [9.17, 15) is 0 Å². The van der Waals surface area contributed by atoms with Gasteiger partial charge in [-0.3, -0.25) is 0 Å². The van der Waals surface area contributed by atoms with E-state index >= 15 is 0 Å². The van der Waals surface area contributed by atoms with Crippen molar-refractivity contribution in [3.05, 3.63) is 44.5 Å². The first-order valence-electron chi connectivity index (χ1n) is 4.54. The fourth-order valence-corrected chi connectivity index (χ4v) is 3.04. The smallest absolute Gasteiger partial charge is 0.193 e. The monoisotopic (exact) mass is 260 g/mol. The lowest BCUT2D eigenvalue weighted by Crippen LogP contribution is -1.90. The maximum absolute atomic E-state index is 6.32. The molecule has 0 aliphatic heterocycles. The van der Waals surface area contributed by atoms with Crippen molar-refractivity contribution in [1.29, 1.82) is 0 Å². The van der Waals surface area contributed by atoms with Gasteiger partial charge in [-0.25, -0.2) is 0 Å². The minimum atomic E-state index is -0.248. The molecule has 0 fully saturated rings. The van der Waals surface area contributed by atoms with Gasteiger partial charge >= 0.3 is 0 Å². The Morgan fingerprint density at radius 3 is 2.53 bits per heavy atom. The third-order valence-electron chi connectivity index (χ3n) is 2.20. The number of thiophene rings is 1. The average Bonchev–Trinajstić information content (AvgIpc) is 2.71. The number of halogens is 2. The van der Waals surface area contributed by atoms with Crippen molar-refractivity contribution in [2.75, 3.05) is 0 Å². The topological polar surface area (TPSA) is 13.1 Å². The summed E-state index contributed by atoms with van der Waals surface area (Å²) in [6.07, 6.45) is 0. The molecule has 0 N–H and O–H groups in total. The molecule has 1 atom stereocenters.